The van der Waals surface area contributed by atoms with E-state index in [2.05, 4.69) is 15.3 Å². The smallest absolute Gasteiger partial charge is 0.237 e. The highest BCUT2D eigenvalue weighted by molar-refractivity contribution is 6.42. The molecule has 1 unspecified atom stereocenters. The summed E-state index contributed by atoms with van der Waals surface area (Å²) < 4.78 is 5.23. The number of rotatable bonds is 4. The Kier molecular flexibility index (Phi) is 4.58. The lowest BCUT2D eigenvalue weighted by Gasteiger charge is -2.18. The van der Waals surface area contributed by atoms with E-state index in [0.29, 0.717) is 21.6 Å². The lowest BCUT2D eigenvalue weighted by Crippen LogP contribution is -2.20. The quantitative estimate of drug-likeness (QED) is 0.942. The number of aromatic nitrogens is 2. The van der Waals surface area contributed by atoms with Crippen molar-refractivity contribution in [2.24, 2.45) is 0 Å². The van der Waals surface area contributed by atoms with Crippen LogP contribution in [0.25, 0.3) is 0 Å². The summed E-state index contributed by atoms with van der Waals surface area (Å²) in [6.45, 7) is 0. The molecule has 0 aliphatic heterocycles. The molecule has 0 fully saturated rings. The standard InChI is InChI=1S/C13H13Cl2N3O/c1-16-11(8-3-4-9(14)10(15)7-8)12-13(19-2)18-6-5-17-12/h3-7,11,16H,1-2H3. The second-order valence-corrected chi connectivity index (χ2v) is 4.66. The number of ether oxygens (including phenoxy) is 1. The molecule has 4 nitrogen and oxygen atoms in total. The van der Waals surface area contributed by atoms with E-state index in [1.54, 1.807) is 31.6 Å². The first-order valence-electron chi connectivity index (χ1n) is 5.64. The molecule has 0 aliphatic rings. The molecule has 0 saturated carbocycles. The fourth-order valence-electron chi connectivity index (χ4n) is 1.84. The van der Waals surface area contributed by atoms with Gasteiger partial charge in [0.2, 0.25) is 5.88 Å². The minimum atomic E-state index is -0.168. The third kappa shape index (κ3) is 2.97. The van der Waals surface area contributed by atoms with Crippen LogP contribution in [0, 0.1) is 0 Å². The average molecular weight is 298 g/mol. The number of halogens is 2. The zero-order valence-electron chi connectivity index (χ0n) is 10.5. The molecule has 0 bridgehead atoms. The first kappa shape index (κ1) is 14.1. The van der Waals surface area contributed by atoms with Crippen molar-refractivity contribution in [3.8, 4) is 5.88 Å². The molecule has 1 aromatic carbocycles. The van der Waals surface area contributed by atoms with E-state index in [4.69, 9.17) is 27.9 Å². The maximum atomic E-state index is 6.05. The van der Waals surface area contributed by atoms with Gasteiger partial charge in [-0.15, -0.1) is 0 Å². The van der Waals surface area contributed by atoms with Crippen molar-refractivity contribution in [1.29, 1.82) is 0 Å². The molecule has 0 spiro atoms. The number of nitrogens with one attached hydrogen (secondary N) is 1. The number of methoxy groups -OCH3 is 1. The Morgan fingerprint density at radius 2 is 1.89 bits per heavy atom. The minimum Gasteiger partial charge on any atom is -0.480 e. The zero-order chi connectivity index (χ0) is 13.8. The van der Waals surface area contributed by atoms with Crippen molar-refractivity contribution in [3.05, 3.63) is 51.9 Å². The van der Waals surface area contributed by atoms with Crippen molar-refractivity contribution < 1.29 is 4.74 Å². The van der Waals surface area contributed by atoms with E-state index >= 15 is 0 Å². The normalized spacial score (nSPS) is 12.2. The van der Waals surface area contributed by atoms with Crippen molar-refractivity contribution in [3.63, 3.8) is 0 Å². The summed E-state index contributed by atoms with van der Waals surface area (Å²) >= 11 is 12.0. The molecule has 0 radical (unpaired) electrons. The van der Waals surface area contributed by atoms with E-state index < -0.39 is 0 Å². The highest BCUT2D eigenvalue weighted by atomic mass is 35.5. The Morgan fingerprint density at radius 3 is 2.53 bits per heavy atom. The van der Waals surface area contributed by atoms with Crippen molar-refractivity contribution in [1.82, 2.24) is 15.3 Å². The molecule has 1 heterocycles. The van der Waals surface area contributed by atoms with Crippen LogP contribution in [-0.4, -0.2) is 24.1 Å². The summed E-state index contributed by atoms with van der Waals surface area (Å²) in [5, 5.41) is 4.19. The predicted molar refractivity (Wildman–Crippen MR) is 75.9 cm³/mol. The summed E-state index contributed by atoms with van der Waals surface area (Å²) in [6.07, 6.45) is 3.21. The van der Waals surface area contributed by atoms with Gasteiger partial charge in [-0.2, -0.15) is 0 Å². The maximum absolute atomic E-state index is 6.05. The van der Waals surface area contributed by atoms with Gasteiger partial charge in [0.05, 0.1) is 23.2 Å². The molecule has 0 amide bonds. The first-order valence-corrected chi connectivity index (χ1v) is 6.40. The molecule has 1 N–H and O–H groups in total. The van der Waals surface area contributed by atoms with Gasteiger partial charge in [0, 0.05) is 12.4 Å². The van der Waals surface area contributed by atoms with Crippen molar-refractivity contribution in [2.45, 2.75) is 6.04 Å². The predicted octanol–water partition coefficient (Wildman–Crippen LogP) is 3.10. The molecule has 2 aromatic rings. The highest BCUT2D eigenvalue weighted by Gasteiger charge is 2.19. The molecule has 19 heavy (non-hydrogen) atoms. The molecule has 0 aliphatic carbocycles. The largest absolute Gasteiger partial charge is 0.480 e. The lowest BCUT2D eigenvalue weighted by molar-refractivity contribution is 0.384. The van der Waals surface area contributed by atoms with Crippen LogP contribution in [-0.2, 0) is 0 Å². The molecular formula is C13H13Cl2N3O. The lowest BCUT2D eigenvalue weighted by atomic mass is 10.0. The molecule has 100 valence electrons. The van der Waals surface area contributed by atoms with Gasteiger partial charge in [0.25, 0.3) is 0 Å². The Bertz CT molecular complexity index is 578. The van der Waals surface area contributed by atoms with Gasteiger partial charge in [-0.3, -0.25) is 4.98 Å². The van der Waals surface area contributed by atoms with Crippen LogP contribution >= 0.6 is 23.2 Å². The SMILES string of the molecule is CNC(c1ccc(Cl)c(Cl)c1)c1nccnc1OC. The van der Waals surface area contributed by atoms with Gasteiger partial charge in [0.15, 0.2) is 0 Å². The van der Waals surface area contributed by atoms with Crippen LogP contribution in [0.3, 0.4) is 0 Å². The van der Waals surface area contributed by atoms with Crippen LogP contribution < -0.4 is 10.1 Å². The summed E-state index contributed by atoms with van der Waals surface area (Å²) in [5.41, 5.74) is 1.64. The molecule has 1 atom stereocenters. The van der Waals surface area contributed by atoms with E-state index in [0.717, 1.165) is 5.56 Å². The Balaban J connectivity index is 2.46. The van der Waals surface area contributed by atoms with Crippen molar-refractivity contribution >= 4 is 23.2 Å². The monoisotopic (exact) mass is 297 g/mol. The van der Waals surface area contributed by atoms with Gasteiger partial charge in [-0.05, 0) is 24.7 Å². The van der Waals surface area contributed by atoms with Crippen molar-refractivity contribution in [2.75, 3.05) is 14.2 Å². The van der Waals surface area contributed by atoms with Crippen LogP contribution in [0.1, 0.15) is 17.3 Å². The second-order valence-electron chi connectivity index (χ2n) is 3.85. The van der Waals surface area contributed by atoms with E-state index in [1.807, 2.05) is 13.1 Å². The summed E-state index contributed by atoms with van der Waals surface area (Å²) in [4.78, 5) is 8.47. The van der Waals surface area contributed by atoms with Gasteiger partial charge in [-0.1, -0.05) is 29.3 Å². The molecule has 2 rings (SSSR count). The zero-order valence-corrected chi connectivity index (χ0v) is 12.0. The molecular weight excluding hydrogens is 285 g/mol. The summed E-state index contributed by atoms with van der Waals surface area (Å²) in [6, 6.07) is 5.29. The fourth-order valence-corrected chi connectivity index (χ4v) is 2.15. The molecule has 6 heteroatoms. The Labute approximate surface area is 121 Å². The summed E-state index contributed by atoms with van der Waals surface area (Å²) in [7, 11) is 3.40. The van der Waals surface area contributed by atoms with E-state index in [1.165, 1.54) is 0 Å². The van der Waals surface area contributed by atoms with Crippen LogP contribution in [0.4, 0.5) is 0 Å². The van der Waals surface area contributed by atoms with Gasteiger partial charge >= 0.3 is 0 Å². The highest BCUT2D eigenvalue weighted by Crippen LogP contribution is 2.30. The molecule has 1 aromatic heterocycles. The number of nitrogens with zero attached hydrogens (tertiary/aromatic N) is 2. The van der Waals surface area contributed by atoms with Crippen LogP contribution in [0.5, 0.6) is 5.88 Å². The Morgan fingerprint density at radius 1 is 1.16 bits per heavy atom. The van der Waals surface area contributed by atoms with Crippen LogP contribution in [0.2, 0.25) is 10.0 Å². The minimum absolute atomic E-state index is 0.168. The van der Waals surface area contributed by atoms with Gasteiger partial charge in [-0.25, -0.2) is 4.98 Å². The third-order valence-corrected chi connectivity index (χ3v) is 3.46. The van der Waals surface area contributed by atoms with Gasteiger partial charge in [0.1, 0.15) is 5.69 Å². The van der Waals surface area contributed by atoms with Crippen LogP contribution in [0.15, 0.2) is 30.6 Å². The van der Waals surface area contributed by atoms with Gasteiger partial charge < -0.3 is 10.1 Å². The fraction of sp³-hybridized carbons (Fsp3) is 0.231. The second kappa shape index (κ2) is 6.19. The average Bonchev–Trinajstić information content (AvgIpc) is 2.44. The molecule has 0 saturated heterocycles. The van der Waals surface area contributed by atoms with E-state index in [-0.39, 0.29) is 6.04 Å². The number of benzene rings is 1. The van der Waals surface area contributed by atoms with E-state index in [9.17, 15) is 0 Å². The third-order valence-electron chi connectivity index (χ3n) is 2.72. The number of hydrogen-bond donors (Lipinski definition) is 1. The maximum Gasteiger partial charge on any atom is 0.237 e. The first-order chi connectivity index (χ1) is 9.17. The number of hydrogen-bond acceptors (Lipinski definition) is 4. The Hall–Kier alpha value is -1.36. The topological polar surface area (TPSA) is 47.0 Å². The summed E-state index contributed by atoms with van der Waals surface area (Å²) in [5.74, 6) is 0.480.